The fourth-order valence-corrected chi connectivity index (χ4v) is 5.32. The van der Waals surface area contributed by atoms with Crippen LogP contribution in [0.3, 0.4) is 0 Å². The molecular formula is C26H24N2O6S2. The molecule has 1 amide bonds. The van der Waals surface area contributed by atoms with Gasteiger partial charge in [0.1, 0.15) is 10.6 Å². The van der Waals surface area contributed by atoms with Gasteiger partial charge in [-0.05, 0) is 43.7 Å². The molecular weight excluding hydrogens is 500 g/mol. The SMILES string of the molecule is CCOC(=O)c1c(-c2ccc(C)cc2)csc1NC(=O)c1cc(-c2ccc(S(=O)(=O)CC)cc2)on1. The lowest BCUT2D eigenvalue weighted by atomic mass is 10.0. The summed E-state index contributed by atoms with van der Waals surface area (Å²) in [5.41, 5.74) is 3.44. The van der Waals surface area contributed by atoms with Crippen LogP contribution in [0.25, 0.3) is 22.5 Å². The number of esters is 1. The van der Waals surface area contributed by atoms with Crippen LogP contribution in [0.2, 0.25) is 0 Å². The minimum Gasteiger partial charge on any atom is -0.462 e. The number of amides is 1. The number of carbonyl (C=O) groups excluding carboxylic acids is 2. The van der Waals surface area contributed by atoms with Crippen LogP contribution in [0.5, 0.6) is 0 Å². The van der Waals surface area contributed by atoms with E-state index in [0.29, 0.717) is 21.9 Å². The summed E-state index contributed by atoms with van der Waals surface area (Å²) in [4.78, 5) is 25.9. The molecule has 0 saturated heterocycles. The number of ether oxygens (including phenoxy) is 1. The zero-order chi connectivity index (χ0) is 25.9. The van der Waals surface area contributed by atoms with Crippen LogP contribution in [0, 0.1) is 6.92 Å². The molecule has 2 aromatic carbocycles. The lowest BCUT2D eigenvalue weighted by molar-refractivity contribution is 0.0529. The van der Waals surface area contributed by atoms with Crippen LogP contribution in [0.15, 0.2) is 69.4 Å². The summed E-state index contributed by atoms with van der Waals surface area (Å²) in [7, 11) is -3.32. The summed E-state index contributed by atoms with van der Waals surface area (Å²) in [5.74, 6) is -0.787. The number of sulfone groups is 1. The maximum Gasteiger partial charge on any atom is 0.341 e. The van der Waals surface area contributed by atoms with Gasteiger partial charge in [0.15, 0.2) is 21.3 Å². The molecule has 0 aliphatic rings. The van der Waals surface area contributed by atoms with Gasteiger partial charge in [-0.15, -0.1) is 11.3 Å². The second-order valence-corrected chi connectivity index (χ2v) is 11.1. The number of hydrogen-bond acceptors (Lipinski definition) is 8. The average molecular weight is 525 g/mol. The van der Waals surface area contributed by atoms with Crippen molar-refractivity contribution in [3.8, 4) is 22.5 Å². The number of anilines is 1. The first-order valence-corrected chi connectivity index (χ1v) is 13.7. The van der Waals surface area contributed by atoms with Gasteiger partial charge in [0.25, 0.3) is 5.91 Å². The third-order valence-electron chi connectivity index (χ3n) is 5.48. The van der Waals surface area contributed by atoms with E-state index in [1.165, 1.54) is 29.5 Å². The minimum atomic E-state index is -3.32. The molecule has 0 atom stereocenters. The zero-order valence-electron chi connectivity index (χ0n) is 19.9. The molecule has 4 rings (SSSR count). The Labute approximate surface area is 212 Å². The lowest BCUT2D eigenvalue weighted by Crippen LogP contribution is -2.15. The number of rotatable bonds is 8. The van der Waals surface area contributed by atoms with Gasteiger partial charge in [-0.3, -0.25) is 4.79 Å². The maximum atomic E-state index is 12.9. The molecule has 8 nitrogen and oxygen atoms in total. The molecule has 0 aliphatic carbocycles. The predicted octanol–water partition coefficient (Wildman–Crippen LogP) is 5.60. The standard InChI is InChI=1S/C26H24N2O6S2/c1-4-33-26(30)23-20(17-8-6-16(3)7-9-17)15-35-25(23)27-24(29)21-14-22(34-28-21)18-10-12-19(13-11-18)36(31,32)5-2/h6-15H,4-5H2,1-3H3,(H,27,29). The smallest absolute Gasteiger partial charge is 0.341 e. The number of aromatic nitrogens is 1. The van der Waals surface area contributed by atoms with Crippen LogP contribution in [0.1, 0.15) is 40.3 Å². The molecule has 0 radical (unpaired) electrons. The molecule has 10 heteroatoms. The van der Waals surface area contributed by atoms with Crippen molar-refractivity contribution in [2.75, 3.05) is 17.7 Å². The third kappa shape index (κ3) is 5.24. The van der Waals surface area contributed by atoms with E-state index in [9.17, 15) is 18.0 Å². The Kier molecular flexibility index (Phi) is 7.37. The molecule has 186 valence electrons. The molecule has 2 heterocycles. The van der Waals surface area contributed by atoms with Crippen molar-refractivity contribution >= 4 is 38.1 Å². The van der Waals surface area contributed by atoms with Gasteiger partial charge >= 0.3 is 5.97 Å². The fraction of sp³-hybridized carbons (Fsp3) is 0.192. The third-order valence-corrected chi connectivity index (χ3v) is 8.13. The van der Waals surface area contributed by atoms with Crippen molar-refractivity contribution in [1.82, 2.24) is 5.16 Å². The molecule has 0 aliphatic heterocycles. The molecule has 0 spiro atoms. The Morgan fingerprint density at radius 1 is 1.03 bits per heavy atom. The van der Waals surface area contributed by atoms with Crippen molar-refractivity contribution in [1.29, 1.82) is 0 Å². The molecule has 1 N–H and O–H groups in total. The van der Waals surface area contributed by atoms with E-state index in [4.69, 9.17) is 9.26 Å². The Hall–Kier alpha value is -3.76. The Balaban J connectivity index is 1.59. The number of nitrogens with one attached hydrogen (secondary N) is 1. The van der Waals surface area contributed by atoms with Gasteiger partial charge in [0.2, 0.25) is 0 Å². The summed E-state index contributed by atoms with van der Waals surface area (Å²) in [5, 5.41) is 8.73. The van der Waals surface area contributed by atoms with E-state index >= 15 is 0 Å². The summed E-state index contributed by atoms with van der Waals surface area (Å²) in [6.45, 7) is 5.47. The van der Waals surface area contributed by atoms with Crippen LogP contribution in [0.4, 0.5) is 5.00 Å². The van der Waals surface area contributed by atoms with Gasteiger partial charge < -0.3 is 14.6 Å². The van der Waals surface area contributed by atoms with E-state index in [1.54, 1.807) is 31.4 Å². The second-order valence-electron chi connectivity index (χ2n) is 7.90. The highest BCUT2D eigenvalue weighted by Gasteiger charge is 2.24. The van der Waals surface area contributed by atoms with Crippen molar-refractivity contribution < 1.29 is 27.3 Å². The lowest BCUT2D eigenvalue weighted by Gasteiger charge is -2.08. The molecule has 0 unspecified atom stereocenters. The average Bonchev–Trinajstić information content (AvgIpc) is 3.53. The van der Waals surface area contributed by atoms with E-state index in [0.717, 1.165) is 11.1 Å². The van der Waals surface area contributed by atoms with Gasteiger partial charge in [-0.2, -0.15) is 0 Å². The summed E-state index contributed by atoms with van der Waals surface area (Å²) >= 11 is 1.21. The summed E-state index contributed by atoms with van der Waals surface area (Å²) < 4.78 is 34.6. The van der Waals surface area contributed by atoms with Crippen molar-refractivity contribution in [2.24, 2.45) is 0 Å². The number of thiophene rings is 1. The molecule has 0 bridgehead atoms. The Morgan fingerprint density at radius 2 is 1.69 bits per heavy atom. The first kappa shape index (κ1) is 25.3. The quantitative estimate of drug-likeness (QED) is 0.298. The van der Waals surface area contributed by atoms with Gasteiger partial charge in [-0.25, -0.2) is 13.2 Å². The highest BCUT2D eigenvalue weighted by atomic mass is 32.2. The first-order valence-electron chi connectivity index (χ1n) is 11.2. The topological polar surface area (TPSA) is 116 Å². The molecule has 2 aromatic heterocycles. The highest BCUT2D eigenvalue weighted by Crippen LogP contribution is 2.36. The van der Waals surface area contributed by atoms with Crippen LogP contribution in [-0.4, -0.2) is 37.8 Å². The number of aryl methyl sites for hydroxylation is 1. The second kappa shape index (κ2) is 10.5. The number of carbonyl (C=O) groups is 2. The van der Waals surface area contributed by atoms with Gasteiger partial charge in [-0.1, -0.05) is 41.9 Å². The first-order chi connectivity index (χ1) is 17.2. The van der Waals surface area contributed by atoms with E-state index in [1.807, 2.05) is 31.2 Å². The monoisotopic (exact) mass is 524 g/mol. The normalized spacial score (nSPS) is 11.3. The van der Waals surface area contributed by atoms with E-state index in [2.05, 4.69) is 10.5 Å². The summed E-state index contributed by atoms with van der Waals surface area (Å²) in [6.07, 6.45) is 0. The fourth-order valence-electron chi connectivity index (χ4n) is 3.48. The summed E-state index contributed by atoms with van der Waals surface area (Å²) in [6, 6.07) is 15.3. The predicted molar refractivity (Wildman–Crippen MR) is 138 cm³/mol. The van der Waals surface area contributed by atoms with E-state index < -0.39 is 21.7 Å². The van der Waals surface area contributed by atoms with Crippen LogP contribution in [-0.2, 0) is 14.6 Å². The molecule has 36 heavy (non-hydrogen) atoms. The van der Waals surface area contributed by atoms with Crippen LogP contribution >= 0.6 is 11.3 Å². The Morgan fingerprint density at radius 3 is 2.33 bits per heavy atom. The van der Waals surface area contributed by atoms with E-state index in [-0.39, 0.29) is 28.5 Å². The molecule has 0 saturated carbocycles. The van der Waals surface area contributed by atoms with Crippen LogP contribution < -0.4 is 5.32 Å². The van der Waals surface area contributed by atoms with Crippen molar-refractivity contribution in [3.63, 3.8) is 0 Å². The largest absolute Gasteiger partial charge is 0.462 e. The minimum absolute atomic E-state index is 0.00110. The molecule has 4 aromatic rings. The highest BCUT2D eigenvalue weighted by molar-refractivity contribution is 7.91. The number of nitrogens with zero attached hydrogens (tertiary/aromatic N) is 1. The number of benzene rings is 2. The van der Waals surface area contributed by atoms with Gasteiger partial charge in [0, 0.05) is 22.6 Å². The zero-order valence-corrected chi connectivity index (χ0v) is 21.5. The number of hydrogen-bond donors (Lipinski definition) is 1. The van der Waals surface area contributed by atoms with Gasteiger partial charge in [0.05, 0.1) is 17.3 Å². The van der Waals surface area contributed by atoms with Crippen molar-refractivity contribution in [3.05, 3.63) is 76.8 Å². The molecule has 0 fully saturated rings. The Bertz CT molecular complexity index is 1500. The van der Waals surface area contributed by atoms with Crippen molar-refractivity contribution in [2.45, 2.75) is 25.7 Å². The maximum absolute atomic E-state index is 12.9.